The van der Waals surface area contributed by atoms with Gasteiger partial charge in [0.25, 0.3) is 0 Å². The summed E-state index contributed by atoms with van der Waals surface area (Å²) in [5, 5.41) is 3.35. The Labute approximate surface area is 85.5 Å². The number of nitrogens with one attached hydrogen (secondary N) is 1. The van der Waals surface area contributed by atoms with Crippen molar-refractivity contribution in [3.8, 4) is 0 Å². The quantitative estimate of drug-likeness (QED) is 0.700. The van der Waals surface area contributed by atoms with Crippen LogP contribution in [0.1, 0.15) is 19.5 Å². The van der Waals surface area contributed by atoms with E-state index in [-0.39, 0.29) is 0 Å². The predicted octanol–water partition coefficient (Wildman–Crippen LogP) is 0.587. The van der Waals surface area contributed by atoms with Crippen LogP contribution in [-0.2, 0) is 13.1 Å². The van der Waals surface area contributed by atoms with E-state index in [1.54, 1.807) is 0 Å². The molecule has 80 valence electrons. The molecule has 4 nitrogen and oxygen atoms in total. The molecular formula is C10H20N4. The third kappa shape index (κ3) is 3.89. The van der Waals surface area contributed by atoms with Gasteiger partial charge in [0.2, 0.25) is 0 Å². The van der Waals surface area contributed by atoms with Crippen LogP contribution in [0.3, 0.4) is 0 Å². The highest BCUT2D eigenvalue weighted by Crippen LogP contribution is 1.96. The lowest BCUT2D eigenvalue weighted by Gasteiger charge is -2.04. The van der Waals surface area contributed by atoms with Gasteiger partial charge in [-0.05, 0) is 12.5 Å². The zero-order valence-corrected chi connectivity index (χ0v) is 9.03. The van der Waals surface area contributed by atoms with Crippen molar-refractivity contribution in [3.63, 3.8) is 0 Å². The maximum absolute atomic E-state index is 5.45. The lowest BCUT2D eigenvalue weighted by molar-refractivity contribution is 0.548. The van der Waals surface area contributed by atoms with Gasteiger partial charge < -0.3 is 15.6 Å². The van der Waals surface area contributed by atoms with Gasteiger partial charge in [-0.1, -0.05) is 13.8 Å². The first-order valence-corrected chi connectivity index (χ1v) is 5.13. The van der Waals surface area contributed by atoms with E-state index in [2.05, 4.69) is 24.1 Å². The minimum absolute atomic E-state index is 0.662. The summed E-state index contributed by atoms with van der Waals surface area (Å²) in [7, 11) is 0. The highest BCUT2D eigenvalue weighted by Gasteiger charge is 1.98. The summed E-state index contributed by atoms with van der Waals surface area (Å²) in [6.45, 7) is 7.77. The van der Waals surface area contributed by atoms with E-state index in [9.17, 15) is 0 Å². The highest BCUT2D eigenvalue weighted by atomic mass is 15.0. The van der Waals surface area contributed by atoms with Crippen molar-refractivity contribution in [3.05, 3.63) is 18.2 Å². The van der Waals surface area contributed by atoms with E-state index in [0.717, 1.165) is 25.3 Å². The fourth-order valence-corrected chi connectivity index (χ4v) is 1.26. The first kappa shape index (κ1) is 11.2. The summed E-state index contributed by atoms with van der Waals surface area (Å²) in [4.78, 5) is 4.28. The maximum atomic E-state index is 5.45. The Morgan fingerprint density at radius 2 is 2.36 bits per heavy atom. The third-order valence-electron chi connectivity index (χ3n) is 1.93. The summed E-state index contributed by atoms with van der Waals surface area (Å²) in [6.07, 6.45) is 3.87. The predicted molar refractivity (Wildman–Crippen MR) is 57.8 cm³/mol. The van der Waals surface area contributed by atoms with Gasteiger partial charge in [-0.25, -0.2) is 4.98 Å². The molecule has 0 saturated heterocycles. The van der Waals surface area contributed by atoms with Crippen molar-refractivity contribution in [1.29, 1.82) is 0 Å². The lowest BCUT2D eigenvalue weighted by atomic mass is 10.2. The highest BCUT2D eigenvalue weighted by molar-refractivity contribution is 4.96. The molecule has 0 radical (unpaired) electrons. The van der Waals surface area contributed by atoms with E-state index < -0.39 is 0 Å². The molecule has 0 amide bonds. The fourth-order valence-electron chi connectivity index (χ4n) is 1.26. The smallest absolute Gasteiger partial charge is 0.0950 e. The average Bonchev–Trinajstić information content (AvgIpc) is 2.53. The van der Waals surface area contributed by atoms with Crippen molar-refractivity contribution in [2.75, 3.05) is 13.1 Å². The van der Waals surface area contributed by atoms with E-state index >= 15 is 0 Å². The summed E-state index contributed by atoms with van der Waals surface area (Å²) in [6, 6.07) is 0. The Morgan fingerprint density at radius 1 is 1.57 bits per heavy atom. The monoisotopic (exact) mass is 196 g/mol. The Balaban J connectivity index is 2.28. The molecular weight excluding hydrogens is 176 g/mol. The average molecular weight is 196 g/mol. The van der Waals surface area contributed by atoms with Gasteiger partial charge in [0.1, 0.15) is 0 Å². The van der Waals surface area contributed by atoms with Crippen LogP contribution in [0.4, 0.5) is 0 Å². The van der Waals surface area contributed by atoms with Gasteiger partial charge >= 0.3 is 0 Å². The molecule has 1 aromatic rings. The van der Waals surface area contributed by atoms with Crippen molar-refractivity contribution in [2.45, 2.75) is 26.9 Å². The number of hydrogen-bond donors (Lipinski definition) is 2. The summed E-state index contributed by atoms with van der Waals surface area (Å²) in [5.41, 5.74) is 6.53. The summed E-state index contributed by atoms with van der Waals surface area (Å²) in [5.74, 6) is 0.682. The minimum Gasteiger partial charge on any atom is -0.336 e. The summed E-state index contributed by atoms with van der Waals surface area (Å²) < 4.78 is 2.02. The number of imidazole rings is 1. The van der Waals surface area contributed by atoms with Gasteiger partial charge in [0.15, 0.2) is 0 Å². The standard InChI is InChI=1S/C10H20N4/c1-9(2)5-12-6-10-7-14(4-3-11)8-13-10/h7-9,12H,3-6,11H2,1-2H3. The second-order valence-electron chi connectivity index (χ2n) is 3.92. The molecule has 0 fully saturated rings. The molecule has 1 aromatic heterocycles. The van der Waals surface area contributed by atoms with Gasteiger partial charge in [-0.2, -0.15) is 0 Å². The van der Waals surface area contributed by atoms with E-state index in [1.165, 1.54) is 0 Å². The zero-order valence-electron chi connectivity index (χ0n) is 9.03. The molecule has 0 bridgehead atoms. The van der Waals surface area contributed by atoms with Crippen molar-refractivity contribution < 1.29 is 0 Å². The first-order valence-electron chi connectivity index (χ1n) is 5.13. The number of aromatic nitrogens is 2. The molecule has 0 aliphatic carbocycles. The second kappa shape index (κ2) is 5.78. The zero-order chi connectivity index (χ0) is 10.4. The minimum atomic E-state index is 0.662. The number of nitrogens with zero attached hydrogens (tertiary/aromatic N) is 2. The SMILES string of the molecule is CC(C)CNCc1cn(CCN)cn1. The van der Waals surface area contributed by atoms with Crippen molar-refractivity contribution in [1.82, 2.24) is 14.9 Å². The van der Waals surface area contributed by atoms with Crippen LogP contribution in [0, 0.1) is 5.92 Å². The first-order chi connectivity index (χ1) is 6.72. The van der Waals surface area contributed by atoms with Crippen LogP contribution in [0.5, 0.6) is 0 Å². The second-order valence-corrected chi connectivity index (χ2v) is 3.92. The van der Waals surface area contributed by atoms with Crippen LogP contribution in [0.25, 0.3) is 0 Å². The molecule has 0 aliphatic rings. The van der Waals surface area contributed by atoms with Gasteiger partial charge in [-0.15, -0.1) is 0 Å². The largest absolute Gasteiger partial charge is 0.336 e. The van der Waals surface area contributed by atoms with Crippen LogP contribution in [0.2, 0.25) is 0 Å². The molecule has 1 rings (SSSR count). The Kier molecular flexibility index (Phi) is 4.62. The normalized spacial score (nSPS) is 11.1. The third-order valence-corrected chi connectivity index (χ3v) is 1.93. The van der Waals surface area contributed by atoms with Gasteiger partial charge in [0.05, 0.1) is 12.0 Å². The van der Waals surface area contributed by atoms with Crippen LogP contribution in [-0.4, -0.2) is 22.6 Å². The van der Waals surface area contributed by atoms with E-state index in [4.69, 9.17) is 5.73 Å². The maximum Gasteiger partial charge on any atom is 0.0950 e. The van der Waals surface area contributed by atoms with E-state index in [0.29, 0.717) is 12.5 Å². The van der Waals surface area contributed by atoms with Crippen LogP contribution >= 0.6 is 0 Å². The van der Waals surface area contributed by atoms with Crippen molar-refractivity contribution in [2.24, 2.45) is 11.7 Å². The molecule has 0 saturated carbocycles. The molecule has 0 atom stereocenters. The molecule has 4 heteroatoms. The lowest BCUT2D eigenvalue weighted by Crippen LogP contribution is -2.19. The molecule has 1 heterocycles. The van der Waals surface area contributed by atoms with Gasteiger partial charge in [0, 0.05) is 25.8 Å². The molecule has 3 N–H and O–H groups in total. The van der Waals surface area contributed by atoms with Crippen LogP contribution < -0.4 is 11.1 Å². The number of nitrogens with two attached hydrogens (primary N) is 1. The van der Waals surface area contributed by atoms with Gasteiger partial charge in [-0.3, -0.25) is 0 Å². The summed E-state index contributed by atoms with van der Waals surface area (Å²) >= 11 is 0. The van der Waals surface area contributed by atoms with Crippen molar-refractivity contribution >= 4 is 0 Å². The van der Waals surface area contributed by atoms with E-state index in [1.807, 2.05) is 17.1 Å². The molecule has 0 aliphatic heterocycles. The Hall–Kier alpha value is -0.870. The molecule has 0 spiro atoms. The topological polar surface area (TPSA) is 55.9 Å². The Bertz CT molecular complexity index is 254. The Morgan fingerprint density at radius 3 is 3.00 bits per heavy atom. The number of rotatable bonds is 6. The van der Waals surface area contributed by atoms with Crippen LogP contribution in [0.15, 0.2) is 12.5 Å². The molecule has 0 unspecified atom stereocenters. The number of hydrogen-bond acceptors (Lipinski definition) is 3. The fraction of sp³-hybridized carbons (Fsp3) is 0.700. The molecule has 0 aromatic carbocycles. The molecule has 14 heavy (non-hydrogen) atoms.